The first-order valence-corrected chi connectivity index (χ1v) is 4.06. The van der Waals surface area contributed by atoms with Gasteiger partial charge in [-0.3, -0.25) is 4.79 Å². The van der Waals surface area contributed by atoms with Gasteiger partial charge in [-0.15, -0.1) is 0 Å². The molecule has 2 heteroatoms. The minimum Gasteiger partial charge on any atom is -0.370 e. The highest BCUT2D eigenvalue weighted by molar-refractivity contribution is 5.99. The minimum atomic E-state index is -0.429. The second kappa shape index (κ2) is 2.18. The third-order valence-corrected chi connectivity index (χ3v) is 2.87. The van der Waals surface area contributed by atoms with E-state index in [1.165, 1.54) is 5.57 Å². The fraction of sp³-hybridized carbons (Fsp3) is 0.667. The SMILES string of the molecule is COC12CCC(=CC1=O)CC2. The molecule has 3 aliphatic rings. The van der Waals surface area contributed by atoms with Crippen molar-refractivity contribution in [2.24, 2.45) is 0 Å². The Labute approximate surface area is 66.2 Å². The molecule has 3 aliphatic carbocycles. The molecule has 0 unspecified atom stereocenters. The molecule has 0 radical (unpaired) electrons. The summed E-state index contributed by atoms with van der Waals surface area (Å²) < 4.78 is 5.28. The molecule has 1 fully saturated rings. The molecule has 1 saturated carbocycles. The van der Waals surface area contributed by atoms with Crippen LogP contribution in [0.5, 0.6) is 0 Å². The van der Waals surface area contributed by atoms with Crippen molar-refractivity contribution < 1.29 is 9.53 Å². The van der Waals surface area contributed by atoms with Gasteiger partial charge in [-0.25, -0.2) is 0 Å². The van der Waals surface area contributed by atoms with Gasteiger partial charge in [0.1, 0.15) is 5.60 Å². The third-order valence-electron chi connectivity index (χ3n) is 2.87. The highest BCUT2D eigenvalue weighted by Crippen LogP contribution is 2.39. The molecule has 60 valence electrons. The van der Waals surface area contributed by atoms with Gasteiger partial charge in [0.15, 0.2) is 5.78 Å². The first kappa shape index (κ1) is 7.04. The van der Waals surface area contributed by atoms with Crippen LogP contribution in [0.15, 0.2) is 11.6 Å². The number of carbonyl (C=O) groups is 1. The molecule has 2 bridgehead atoms. The molecule has 0 saturated heterocycles. The molecule has 3 rings (SSSR count). The predicted octanol–water partition coefficient (Wildman–Crippen LogP) is 1.45. The van der Waals surface area contributed by atoms with E-state index in [9.17, 15) is 4.79 Å². The van der Waals surface area contributed by atoms with Crippen molar-refractivity contribution in [2.45, 2.75) is 31.3 Å². The van der Waals surface area contributed by atoms with Crippen molar-refractivity contribution in [1.29, 1.82) is 0 Å². The Morgan fingerprint density at radius 1 is 1.45 bits per heavy atom. The molecular weight excluding hydrogens is 140 g/mol. The van der Waals surface area contributed by atoms with E-state index in [1.54, 1.807) is 13.2 Å². The molecule has 0 aromatic heterocycles. The van der Waals surface area contributed by atoms with Gasteiger partial charge in [0, 0.05) is 7.11 Å². The number of methoxy groups -OCH3 is 1. The number of fused-ring (bicyclic) bond motifs is 3. The summed E-state index contributed by atoms with van der Waals surface area (Å²) in [7, 11) is 1.64. The first-order chi connectivity index (χ1) is 5.27. The third kappa shape index (κ3) is 0.857. The van der Waals surface area contributed by atoms with Gasteiger partial charge in [-0.1, -0.05) is 5.57 Å². The molecule has 0 amide bonds. The van der Waals surface area contributed by atoms with Crippen LogP contribution in [0.2, 0.25) is 0 Å². The highest BCUT2D eigenvalue weighted by Gasteiger charge is 2.43. The molecular formula is C9H12O2. The summed E-state index contributed by atoms with van der Waals surface area (Å²) in [6, 6.07) is 0. The smallest absolute Gasteiger partial charge is 0.187 e. The van der Waals surface area contributed by atoms with Crippen LogP contribution in [-0.4, -0.2) is 18.5 Å². The lowest BCUT2D eigenvalue weighted by Gasteiger charge is -2.38. The van der Waals surface area contributed by atoms with Gasteiger partial charge < -0.3 is 4.74 Å². The van der Waals surface area contributed by atoms with Crippen LogP contribution in [0, 0.1) is 0 Å². The number of hydrogen-bond acceptors (Lipinski definition) is 2. The summed E-state index contributed by atoms with van der Waals surface area (Å²) in [5, 5.41) is 0. The lowest BCUT2D eigenvalue weighted by Crippen LogP contribution is -2.45. The number of ether oxygens (including phenoxy) is 1. The van der Waals surface area contributed by atoms with Crippen molar-refractivity contribution in [3.63, 3.8) is 0 Å². The van der Waals surface area contributed by atoms with E-state index in [1.807, 2.05) is 0 Å². The van der Waals surface area contributed by atoms with Gasteiger partial charge in [0.2, 0.25) is 0 Å². The van der Waals surface area contributed by atoms with E-state index >= 15 is 0 Å². The maximum Gasteiger partial charge on any atom is 0.187 e. The average Bonchev–Trinajstić information content (AvgIpc) is 2.07. The molecule has 0 heterocycles. The molecule has 2 nitrogen and oxygen atoms in total. The normalized spacial score (nSPS) is 27.0. The Kier molecular flexibility index (Phi) is 1.39. The Balaban J connectivity index is 2.37. The van der Waals surface area contributed by atoms with Gasteiger partial charge in [-0.2, -0.15) is 0 Å². The van der Waals surface area contributed by atoms with Crippen molar-refractivity contribution in [2.75, 3.05) is 7.11 Å². The van der Waals surface area contributed by atoms with Crippen LogP contribution in [0.25, 0.3) is 0 Å². The van der Waals surface area contributed by atoms with Crippen molar-refractivity contribution >= 4 is 5.78 Å². The van der Waals surface area contributed by atoms with Gasteiger partial charge in [-0.05, 0) is 31.8 Å². The zero-order chi connectivity index (χ0) is 7.90. The molecule has 11 heavy (non-hydrogen) atoms. The van der Waals surface area contributed by atoms with E-state index in [2.05, 4.69) is 0 Å². The summed E-state index contributed by atoms with van der Waals surface area (Å²) in [5.74, 6) is 0.188. The quantitative estimate of drug-likeness (QED) is 0.568. The van der Waals surface area contributed by atoms with E-state index in [-0.39, 0.29) is 5.78 Å². The van der Waals surface area contributed by atoms with Gasteiger partial charge in [0.05, 0.1) is 0 Å². The fourth-order valence-electron chi connectivity index (χ4n) is 1.99. The zero-order valence-electron chi connectivity index (χ0n) is 6.72. The lowest BCUT2D eigenvalue weighted by molar-refractivity contribution is -0.140. The number of rotatable bonds is 1. The molecule has 0 atom stereocenters. The predicted molar refractivity (Wildman–Crippen MR) is 41.3 cm³/mol. The molecule has 0 aromatic rings. The van der Waals surface area contributed by atoms with Crippen LogP contribution >= 0.6 is 0 Å². The maximum absolute atomic E-state index is 11.4. The first-order valence-electron chi connectivity index (χ1n) is 4.06. The molecule has 0 aromatic carbocycles. The van der Waals surface area contributed by atoms with E-state index in [4.69, 9.17) is 4.74 Å². The highest BCUT2D eigenvalue weighted by atomic mass is 16.5. The number of carbonyl (C=O) groups excluding carboxylic acids is 1. The topological polar surface area (TPSA) is 26.3 Å². The number of ketones is 1. The van der Waals surface area contributed by atoms with E-state index < -0.39 is 5.60 Å². The van der Waals surface area contributed by atoms with E-state index in [0.29, 0.717) is 0 Å². The zero-order valence-corrected chi connectivity index (χ0v) is 6.72. The van der Waals surface area contributed by atoms with Crippen molar-refractivity contribution in [3.05, 3.63) is 11.6 Å². The average molecular weight is 152 g/mol. The Morgan fingerprint density at radius 3 is 2.45 bits per heavy atom. The standard InChI is InChI=1S/C9H12O2/c1-11-9-4-2-7(3-5-9)6-8(9)10/h6H,2-5H2,1H3. The van der Waals surface area contributed by atoms with Gasteiger partial charge in [0.25, 0.3) is 0 Å². The second-order valence-electron chi connectivity index (χ2n) is 3.37. The molecule has 0 aliphatic heterocycles. The fourth-order valence-corrected chi connectivity index (χ4v) is 1.99. The van der Waals surface area contributed by atoms with Crippen LogP contribution < -0.4 is 0 Å². The summed E-state index contributed by atoms with van der Waals surface area (Å²) in [4.78, 5) is 11.4. The summed E-state index contributed by atoms with van der Waals surface area (Å²) in [6.07, 6.45) is 5.68. The Morgan fingerprint density at radius 2 is 2.09 bits per heavy atom. The minimum absolute atomic E-state index is 0.188. The Bertz CT molecular complexity index is 218. The summed E-state index contributed by atoms with van der Waals surface area (Å²) in [5.41, 5.74) is 0.885. The van der Waals surface area contributed by atoms with Gasteiger partial charge >= 0.3 is 0 Å². The van der Waals surface area contributed by atoms with Crippen LogP contribution in [-0.2, 0) is 9.53 Å². The maximum atomic E-state index is 11.4. The van der Waals surface area contributed by atoms with E-state index in [0.717, 1.165) is 25.7 Å². The monoisotopic (exact) mass is 152 g/mol. The summed E-state index contributed by atoms with van der Waals surface area (Å²) in [6.45, 7) is 0. The van der Waals surface area contributed by atoms with Crippen LogP contribution in [0.3, 0.4) is 0 Å². The summed E-state index contributed by atoms with van der Waals surface area (Å²) >= 11 is 0. The molecule has 0 N–H and O–H groups in total. The van der Waals surface area contributed by atoms with Crippen LogP contribution in [0.4, 0.5) is 0 Å². The largest absolute Gasteiger partial charge is 0.370 e. The van der Waals surface area contributed by atoms with Crippen molar-refractivity contribution in [1.82, 2.24) is 0 Å². The van der Waals surface area contributed by atoms with Crippen LogP contribution in [0.1, 0.15) is 25.7 Å². The number of allylic oxidation sites excluding steroid dienone is 1. The lowest BCUT2D eigenvalue weighted by atomic mass is 9.73. The number of hydrogen-bond donors (Lipinski definition) is 0. The van der Waals surface area contributed by atoms with Crippen molar-refractivity contribution in [3.8, 4) is 0 Å². The Hall–Kier alpha value is -0.630. The molecule has 0 spiro atoms. The second-order valence-corrected chi connectivity index (χ2v) is 3.37.